The summed E-state index contributed by atoms with van der Waals surface area (Å²) in [5, 5.41) is 3.54. The fourth-order valence-corrected chi connectivity index (χ4v) is 2.64. The zero-order valence-electron chi connectivity index (χ0n) is 11.3. The molecule has 1 N–H and O–H groups in total. The van der Waals surface area contributed by atoms with Crippen molar-refractivity contribution in [2.75, 3.05) is 13.2 Å². The average Bonchev–Trinajstić information content (AvgIpc) is 2.92. The van der Waals surface area contributed by atoms with E-state index in [9.17, 15) is 0 Å². The molecule has 2 atom stereocenters. The van der Waals surface area contributed by atoms with Gasteiger partial charge in [-0.05, 0) is 50.3 Å². The second kappa shape index (κ2) is 7.49. The van der Waals surface area contributed by atoms with Crippen LogP contribution in [-0.2, 0) is 4.74 Å². The predicted octanol–water partition coefficient (Wildman–Crippen LogP) is 3.08. The van der Waals surface area contributed by atoms with Gasteiger partial charge in [-0.3, -0.25) is 4.98 Å². The Morgan fingerprint density at radius 1 is 1.56 bits per heavy atom. The van der Waals surface area contributed by atoms with Gasteiger partial charge in [-0.2, -0.15) is 0 Å². The summed E-state index contributed by atoms with van der Waals surface area (Å²) in [6, 6.07) is 4.61. The van der Waals surface area contributed by atoms with E-state index >= 15 is 0 Å². The molecule has 1 aromatic rings. The molecule has 3 heteroatoms. The molecule has 18 heavy (non-hydrogen) atoms. The maximum absolute atomic E-state index is 5.67. The minimum Gasteiger partial charge on any atom is -0.378 e. The number of nitrogens with one attached hydrogen (secondary N) is 1. The molecular formula is C15H24N2O. The van der Waals surface area contributed by atoms with Gasteiger partial charge in [0.05, 0.1) is 6.10 Å². The van der Waals surface area contributed by atoms with Gasteiger partial charge in [-0.15, -0.1) is 0 Å². The number of ether oxygens (including phenoxy) is 1. The van der Waals surface area contributed by atoms with Gasteiger partial charge in [0, 0.05) is 25.0 Å². The maximum atomic E-state index is 5.67. The van der Waals surface area contributed by atoms with Gasteiger partial charge < -0.3 is 10.1 Å². The molecular weight excluding hydrogens is 224 g/mol. The molecule has 0 radical (unpaired) electrons. The lowest BCUT2D eigenvalue weighted by Crippen LogP contribution is -2.21. The summed E-state index contributed by atoms with van der Waals surface area (Å²) in [7, 11) is 0. The Morgan fingerprint density at radius 3 is 3.17 bits per heavy atom. The molecule has 3 nitrogen and oxygen atoms in total. The first-order valence-electron chi connectivity index (χ1n) is 7.15. The highest BCUT2D eigenvalue weighted by molar-refractivity contribution is 5.13. The summed E-state index contributed by atoms with van der Waals surface area (Å²) >= 11 is 0. The molecule has 0 spiro atoms. The van der Waals surface area contributed by atoms with Crippen LogP contribution in [0.5, 0.6) is 0 Å². The summed E-state index contributed by atoms with van der Waals surface area (Å²) in [6.45, 7) is 4.12. The smallest absolute Gasteiger partial charge is 0.0576 e. The van der Waals surface area contributed by atoms with Crippen LogP contribution >= 0.6 is 0 Å². The highest BCUT2D eigenvalue weighted by atomic mass is 16.5. The Morgan fingerprint density at radius 2 is 2.50 bits per heavy atom. The predicted molar refractivity (Wildman–Crippen MR) is 73.5 cm³/mol. The van der Waals surface area contributed by atoms with Crippen molar-refractivity contribution in [3.8, 4) is 0 Å². The molecule has 0 aliphatic carbocycles. The fraction of sp³-hybridized carbons (Fsp3) is 0.667. The van der Waals surface area contributed by atoms with Gasteiger partial charge in [0.2, 0.25) is 0 Å². The minimum absolute atomic E-state index is 0.435. The number of nitrogens with zero attached hydrogens (tertiary/aromatic N) is 1. The number of aromatic nitrogens is 1. The van der Waals surface area contributed by atoms with Crippen LogP contribution in [0.3, 0.4) is 0 Å². The highest BCUT2D eigenvalue weighted by Crippen LogP contribution is 2.22. The molecule has 1 fully saturated rings. The van der Waals surface area contributed by atoms with Crippen LogP contribution < -0.4 is 5.32 Å². The molecule has 2 rings (SSSR count). The van der Waals surface area contributed by atoms with E-state index in [-0.39, 0.29) is 0 Å². The van der Waals surface area contributed by atoms with E-state index in [1.807, 2.05) is 18.5 Å². The van der Waals surface area contributed by atoms with Crippen molar-refractivity contribution in [1.29, 1.82) is 0 Å². The molecule has 100 valence electrons. The monoisotopic (exact) mass is 248 g/mol. The van der Waals surface area contributed by atoms with Crippen molar-refractivity contribution in [2.45, 2.75) is 51.2 Å². The first-order valence-corrected chi connectivity index (χ1v) is 7.15. The minimum atomic E-state index is 0.435. The fourth-order valence-electron chi connectivity index (χ4n) is 2.64. The lowest BCUT2D eigenvalue weighted by molar-refractivity contribution is 0.101. The van der Waals surface area contributed by atoms with Gasteiger partial charge in [0.1, 0.15) is 0 Å². The van der Waals surface area contributed by atoms with Crippen molar-refractivity contribution in [1.82, 2.24) is 10.3 Å². The highest BCUT2D eigenvalue weighted by Gasteiger charge is 2.16. The molecule has 2 unspecified atom stereocenters. The van der Waals surface area contributed by atoms with Crippen molar-refractivity contribution < 1.29 is 4.74 Å². The third-order valence-corrected chi connectivity index (χ3v) is 3.58. The van der Waals surface area contributed by atoms with Crippen LogP contribution in [0, 0.1) is 0 Å². The summed E-state index contributed by atoms with van der Waals surface area (Å²) in [6.07, 6.45) is 10.4. The molecule has 0 bridgehead atoms. The van der Waals surface area contributed by atoms with Crippen LogP contribution in [0.4, 0.5) is 0 Å². The summed E-state index contributed by atoms with van der Waals surface area (Å²) < 4.78 is 5.67. The van der Waals surface area contributed by atoms with Gasteiger partial charge >= 0.3 is 0 Å². The first-order chi connectivity index (χ1) is 8.90. The maximum Gasteiger partial charge on any atom is 0.0576 e. The van der Waals surface area contributed by atoms with E-state index in [0.717, 1.165) is 13.2 Å². The number of hydrogen-bond donors (Lipinski definition) is 1. The second-order valence-corrected chi connectivity index (χ2v) is 4.96. The van der Waals surface area contributed by atoms with Crippen LogP contribution in [-0.4, -0.2) is 24.2 Å². The normalized spacial score (nSPS) is 21.1. The van der Waals surface area contributed by atoms with E-state index in [1.54, 1.807) is 0 Å². The lowest BCUT2D eigenvalue weighted by Gasteiger charge is -2.18. The summed E-state index contributed by atoms with van der Waals surface area (Å²) in [5.41, 5.74) is 1.30. The molecule has 1 aromatic heterocycles. The standard InChI is InChI=1S/C15H24N2O/c1-2-17-15(13-6-4-10-16-12-13)9-3-7-14-8-5-11-18-14/h4,6,10,12,14-15,17H,2-3,5,7-9,11H2,1H3. The Kier molecular flexibility index (Phi) is 5.62. The molecule has 1 aliphatic rings. The van der Waals surface area contributed by atoms with E-state index < -0.39 is 0 Å². The molecule has 0 amide bonds. The first kappa shape index (κ1) is 13.5. The number of pyridine rings is 1. The molecule has 0 saturated carbocycles. The molecule has 1 saturated heterocycles. The van der Waals surface area contributed by atoms with Crippen molar-refractivity contribution in [3.63, 3.8) is 0 Å². The zero-order valence-corrected chi connectivity index (χ0v) is 11.3. The molecule has 0 aromatic carbocycles. The van der Waals surface area contributed by atoms with Gasteiger partial charge in [-0.25, -0.2) is 0 Å². The average molecular weight is 248 g/mol. The Hall–Kier alpha value is -0.930. The van der Waals surface area contributed by atoms with E-state index in [4.69, 9.17) is 4.74 Å². The van der Waals surface area contributed by atoms with E-state index in [2.05, 4.69) is 23.3 Å². The third kappa shape index (κ3) is 4.07. The van der Waals surface area contributed by atoms with Crippen LogP contribution in [0.1, 0.15) is 50.6 Å². The van der Waals surface area contributed by atoms with Crippen LogP contribution in [0.25, 0.3) is 0 Å². The van der Waals surface area contributed by atoms with Gasteiger partial charge in [-0.1, -0.05) is 13.0 Å². The van der Waals surface area contributed by atoms with E-state index in [0.29, 0.717) is 12.1 Å². The second-order valence-electron chi connectivity index (χ2n) is 4.96. The zero-order chi connectivity index (χ0) is 12.6. The Bertz CT molecular complexity index is 323. The molecule has 2 heterocycles. The third-order valence-electron chi connectivity index (χ3n) is 3.58. The topological polar surface area (TPSA) is 34.1 Å². The van der Waals surface area contributed by atoms with Crippen molar-refractivity contribution in [3.05, 3.63) is 30.1 Å². The number of hydrogen-bond acceptors (Lipinski definition) is 3. The quantitative estimate of drug-likeness (QED) is 0.805. The summed E-state index contributed by atoms with van der Waals surface area (Å²) in [5.74, 6) is 0. The van der Waals surface area contributed by atoms with Crippen molar-refractivity contribution in [2.24, 2.45) is 0 Å². The Labute approximate surface area is 110 Å². The largest absolute Gasteiger partial charge is 0.378 e. The van der Waals surface area contributed by atoms with Crippen molar-refractivity contribution >= 4 is 0 Å². The van der Waals surface area contributed by atoms with Crippen LogP contribution in [0.15, 0.2) is 24.5 Å². The van der Waals surface area contributed by atoms with Gasteiger partial charge in [0.25, 0.3) is 0 Å². The lowest BCUT2D eigenvalue weighted by atomic mass is 10.0. The van der Waals surface area contributed by atoms with Crippen LogP contribution in [0.2, 0.25) is 0 Å². The van der Waals surface area contributed by atoms with E-state index in [1.165, 1.54) is 37.7 Å². The molecule has 1 aliphatic heterocycles. The SMILES string of the molecule is CCNC(CCCC1CCCO1)c1cccnc1. The summed E-state index contributed by atoms with van der Waals surface area (Å²) in [4.78, 5) is 4.21. The number of rotatable bonds is 7. The Balaban J connectivity index is 1.79. The van der Waals surface area contributed by atoms with Gasteiger partial charge in [0.15, 0.2) is 0 Å².